The zero-order chi connectivity index (χ0) is 23.6. The van der Waals surface area contributed by atoms with Gasteiger partial charge in [-0.15, -0.1) is 0 Å². The Morgan fingerprint density at radius 2 is 1.82 bits per heavy atom. The van der Waals surface area contributed by atoms with Crippen LogP contribution in [-0.2, 0) is 21.4 Å². The molecule has 8 heteroatoms. The van der Waals surface area contributed by atoms with Gasteiger partial charge in [0.25, 0.3) is 0 Å². The van der Waals surface area contributed by atoms with E-state index >= 15 is 4.39 Å². The van der Waals surface area contributed by atoms with E-state index in [1.807, 2.05) is 43.3 Å². The average Bonchev–Trinajstić information content (AvgIpc) is 2.93. The van der Waals surface area contributed by atoms with Gasteiger partial charge in [-0.2, -0.15) is 4.31 Å². The number of nitrogens with zero attached hydrogens (tertiary/aromatic N) is 3. The lowest BCUT2D eigenvalue weighted by atomic mass is 10.1. The van der Waals surface area contributed by atoms with Crippen LogP contribution in [0, 0.1) is 5.82 Å². The van der Waals surface area contributed by atoms with E-state index in [0.717, 1.165) is 24.1 Å². The number of hydrogen-bond donors (Lipinski definition) is 0. The number of amides is 1. The summed E-state index contributed by atoms with van der Waals surface area (Å²) in [6.07, 6.45) is 2.16. The van der Waals surface area contributed by atoms with Crippen LogP contribution in [0.15, 0.2) is 48.5 Å². The van der Waals surface area contributed by atoms with Crippen LogP contribution < -0.4 is 4.90 Å². The zero-order valence-corrected chi connectivity index (χ0v) is 20.1. The van der Waals surface area contributed by atoms with Crippen molar-refractivity contribution in [2.24, 2.45) is 0 Å². The largest absolute Gasteiger partial charge is 0.365 e. The van der Waals surface area contributed by atoms with Gasteiger partial charge in [0.05, 0.1) is 0 Å². The molecule has 2 aliphatic rings. The minimum Gasteiger partial charge on any atom is -0.365 e. The minimum atomic E-state index is -3.60. The van der Waals surface area contributed by atoms with Crippen LogP contribution in [0.1, 0.15) is 49.5 Å². The van der Waals surface area contributed by atoms with Crippen molar-refractivity contribution in [2.45, 2.75) is 50.9 Å². The molecule has 178 valence electrons. The van der Waals surface area contributed by atoms with Crippen molar-refractivity contribution in [2.75, 3.05) is 31.1 Å². The van der Waals surface area contributed by atoms with Gasteiger partial charge in [0.15, 0.2) is 0 Å². The van der Waals surface area contributed by atoms with Gasteiger partial charge in [-0.3, -0.25) is 4.79 Å². The number of carbonyl (C=O) groups is 1. The van der Waals surface area contributed by atoms with Crippen molar-refractivity contribution in [3.63, 3.8) is 0 Å². The summed E-state index contributed by atoms with van der Waals surface area (Å²) in [5.74, 6) is -0.347. The summed E-state index contributed by atoms with van der Waals surface area (Å²) < 4.78 is 43.5. The second kappa shape index (κ2) is 9.81. The molecule has 2 aliphatic heterocycles. The van der Waals surface area contributed by atoms with Crippen molar-refractivity contribution in [3.05, 3.63) is 65.5 Å². The molecule has 6 nitrogen and oxygen atoms in total. The summed E-state index contributed by atoms with van der Waals surface area (Å²) in [5, 5.41) is -0.595. The highest BCUT2D eigenvalue weighted by Crippen LogP contribution is 2.35. The first-order valence-corrected chi connectivity index (χ1v) is 13.1. The number of hydrogen-bond acceptors (Lipinski definition) is 4. The number of sulfonamides is 1. The van der Waals surface area contributed by atoms with Gasteiger partial charge in [-0.1, -0.05) is 42.8 Å². The third-order valence-electron chi connectivity index (χ3n) is 6.80. The molecule has 0 radical (unpaired) electrons. The smallest absolute Gasteiger partial charge is 0.221 e. The molecule has 1 amide bonds. The molecule has 2 aromatic rings. The van der Waals surface area contributed by atoms with E-state index in [2.05, 4.69) is 4.90 Å². The number of anilines is 1. The van der Waals surface area contributed by atoms with E-state index < -0.39 is 21.1 Å². The maximum Gasteiger partial charge on any atom is 0.221 e. The first kappa shape index (κ1) is 23.7. The lowest BCUT2D eigenvalue weighted by Gasteiger charge is -2.41. The first-order valence-electron chi connectivity index (χ1n) is 11.6. The number of piperazine rings is 1. The molecular weight excluding hydrogens is 441 g/mol. The molecule has 2 saturated heterocycles. The Balaban J connectivity index is 1.52. The van der Waals surface area contributed by atoms with E-state index in [9.17, 15) is 13.2 Å². The van der Waals surface area contributed by atoms with Crippen LogP contribution in [0.2, 0.25) is 0 Å². The van der Waals surface area contributed by atoms with E-state index in [4.69, 9.17) is 0 Å². The van der Waals surface area contributed by atoms with E-state index in [1.54, 1.807) is 17.9 Å². The second-order valence-electron chi connectivity index (χ2n) is 9.06. The minimum absolute atomic E-state index is 0.0332. The molecule has 0 aromatic heterocycles. The van der Waals surface area contributed by atoms with Crippen LogP contribution in [0.5, 0.6) is 0 Å². The summed E-state index contributed by atoms with van der Waals surface area (Å²) in [7, 11) is -3.60. The molecule has 2 aromatic carbocycles. The summed E-state index contributed by atoms with van der Waals surface area (Å²) in [4.78, 5) is 15.6. The van der Waals surface area contributed by atoms with Gasteiger partial charge < -0.3 is 9.80 Å². The highest BCUT2D eigenvalue weighted by Gasteiger charge is 2.35. The Kier molecular flexibility index (Phi) is 7.05. The van der Waals surface area contributed by atoms with Crippen LogP contribution in [-0.4, -0.2) is 55.8 Å². The predicted molar refractivity (Wildman–Crippen MR) is 128 cm³/mol. The topological polar surface area (TPSA) is 60.9 Å². The second-order valence-corrected chi connectivity index (χ2v) is 11.2. The Bertz CT molecular complexity index is 1090. The molecule has 0 aliphatic carbocycles. The molecule has 2 fully saturated rings. The molecule has 4 rings (SSSR count). The quantitative estimate of drug-likeness (QED) is 0.675. The lowest BCUT2D eigenvalue weighted by molar-refractivity contribution is -0.129. The van der Waals surface area contributed by atoms with Gasteiger partial charge >= 0.3 is 0 Å². The molecule has 33 heavy (non-hydrogen) atoms. The van der Waals surface area contributed by atoms with Crippen LogP contribution in [0.4, 0.5) is 10.1 Å². The van der Waals surface area contributed by atoms with Gasteiger partial charge in [0.1, 0.15) is 11.1 Å². The standard InChI is InChI=1S/C25H32FN3O3S/c1-19-17-27(20(2)30)14-15-29(19)23-12-11-22(24(26)16-23)18-28-13-7-6-10-25(33(28,31)32)21-8-4-3-5-9-21/h3-5,8-9,11-12,16,19,25H,6-7,10,13-15,17-18H2,1-2H3. The van der Waals surface area contributed by atoms with Crippen molar-refractivity contribution >= 4 is 21.6 Å². The van der Waals surface area contributed by atoms with Crippen LogP contribution in [0.25, 0.3) is 0 Å². The molecule has 0 bridgehead atoms. The SMILES string of the molecule is CC(=O)N1CCN(c2ccc(CN3CCCCC(c4ccccc4)S3(=O)=O)c(F)c2)C(C)C1. The third kappa shape index (κ3) is 5.06. The molecule has 0 spiro atoms. The Hall–Kier alpha value is -2.45. The molecular formula is C25H32FN3O3S. The number of rotatable bonds is 4. The van der Waals surface area contributed by atoms with Gasteiger partial charge in [0.2, 0.25) is 15.9 Å². The normalized spacial score (nSPS) is 23.8. The van der Waals surface area contributed by atoms with E-state index in [1.165, 1.54) is 10.4 Å². The summed E-state index contributed by atoms with van der Waals surface area (Å²) in [5.41, 5.74) is 1.93. The van der Waals surface area contributed by atoms with E-state index in [-0.39, 0.29) is 18.5 Å². The molecule has 2 heterocycles. The van der Waals surface area contributed by atoms with Gasteiger partial charge in [-0.25, -0.2) is 12.8 Å². The van der Waals surface area contributed by atoms with Gasteiger partial charge in [0, 0.05) is 56.9 Å². The van der Waals surface area contributed by atoms with Crippen molar-refractivity contribution < 1.29 is 17.6 Å². The Morgan fingerprint density at radius 1 is 1.06 bits per heavy atom. The van der Waals surface area contributed by atoms with Crippen molar-refractivity contribution in [1.82, 2.24) is 9.21 Å². The predicted octanol–water partition coefficient (Wildman–Crippen LogP) is 3.94. The number of benzene rings is 2. The molecule has 0 saturated carbocycles. The third-order valence-corrected chi connectivity index (χ3v) is 9.06. The molecule has 2 atom stereocenters. The fourth-order valence-corrected chi connectivity index (χ4v) is 6.94. The maximum atomic E-state index is 15.2. The van der Waals surface area contributed by atoms with Crippen LogP contribution >= 0.6 is 0 Å². The number of carbonyl (C=O) groups excluding carboxylic acids is 1. The van der Waals surface area contributed by atoms with Gasteiger partial charge in [-0.05, 0) is 37.5 Å². The zero-order valence-electron chi connectivity index (χ0n) is 19.3. The average molecular weight is 474 g/mol. The lowest BCUT2D eigenvalue weighted by Crippen LogP contribution is -2.53. The fourth-order valence-electron chi connectivity index (χ4n) is 4.91. The molecule has 2 unspecified atom stereocenters. The highest BCUT2D eigenvalue weighted by atomic mass is 32.2. The monoisotopic (exact) mass is 473 g/mol. The van der Waals surface area contributed by atoms with Crippen molar-refractivity contribution in [3.8, 4) is 0 Å². The number of halogens is 1. The summed E-state index contributed by atoms with van der Waals surface area (Å²) in [6, 6.07) is 14.4. The van der Waals surface area contributed by atoms with Crippen molar-refractivity contribution in [1.29, 1.82) is 0 Å². The first-order chi connectivity index (χ1) is 15.8. The van der Waals surface area contributed by atoms with E-state index in [0.29, 0.717) is 38.2 Å². The summed E-state index contributed by atoms with van der Waals surface area (Å²) >= 11 is 0. The highest BCUT2D eigenvalue weighted by molar-refractivity contribution is 7.89. The maximum absolute atomic E-state index is 15.2. The summed E-state index contributed by atoms with van der Waals surface area (Å²) in [6.45, 7) is 5.87. The Morgan fingerprint density at radius 3 is 2.48 bits per heavy atom. The molecule has 0 N–H and O–H groups in total. The van der Waals surface area contributed by atoms with Crippen LogP contribution in [0.3, 0.4) is 0 Å². The Labute approximate surface area is 196 Å². The fraction of sp³-hybridized carbons (Fsp3) is 0.480.